The van der Waals surface area contributed by atoms with Gasteiger partial charge >= 0.3 is 0 Å². The molecule has 1 aromatic rings. The van der Waals surface area contributed by atoms with E-state index in [0.29, 0.717) is 17.1 Å². The van der Waals surface area contributed by atoms with E-state index in [0.717, 1.165) is 6.42 Å². The van der Waals surface area contributed by atoms with Crippen molar-refractivity contribution in [3.05, 3.63) is 18.2 Å². The number of anilines is 2. The van der Waals surface area contributed by atoms with Gasteiger partial charge in [-0.3, -0.25) is 14.5 Å². The number of amides is 2. The third kappa shape index (κ3) is 3.01. The third-order valence-electron chi connectivity index (χ3n) is 3.25. The van der Waals surface area contributed by atoms with Gasteiger partial charge in [0.25, 0.3) is 5.91 Å². The number of hydrogen-bond acceptors (Lipinski definition) is 4. The van der Waals surface area contributed by atoms with E-state index in [1.807, 2.05) is 13.8 Å². The third-order valence-corrected chi connectivity index (χ3v) is 3.25. The Kier molecular flexibility index (Phi) is 4.12. The predicted molar refractivity (Wildman–Crippen MR) is 76.6 cm³/mol. The fourth-order valence-electron chi connectivity index (χ4n) is 1.96. The normalized spacial score (nSPS) is 15.3. The zero-order valence-electron chi connectivity index (χ0n) is 11.7. The lowest BCUT2D eigenvalue weighted by Gasteiger charge is -2.29. The van der Waals surface area contributed by atoms with Crippen LogP contribution >= 0.6 is 0 Å². The molecule has 0 radical (unpaired) electrons. The van der Waals surface area contributed by atoms with Crippen molar-refractivity contribution in [2.24, 2.45) is 0 Å². The molecule has 1 unspecified atom stereocenters. The minimum atomic E-state index is -0.248. The maximum absolute atomic E-state index is 11.9. The molecule has 0 saturated carbocycles. The Hall–Kier alpha value is -2.24. The minimum absolute atomic E-state index is 0.0248. The molecule has 1 aromatic carbocycles. The SMILES string of the molecule is CCC(C)NC(=O)CN1C(=O)COc2ccc(N)cc21. The zero-order chi connectivity index (χ0) is 14.7. The first-order valence-electron chi connectivity index (χ1n) is 6.63. The molecule has 0 fully saturated rings. The van der Waals surface area contributed by atoms with Gasteiger partial charge in [0.2, 0.25) is 5.91 Å². The van der Waals surface area contributed by atoms with Crippen LogP contribution in [0.5, 0.6) is 5.75 Å². The summed E-state index contributed by atoms with van der Waals surface area (Å²) >= 11 is 0. The Labute approximate surface area is 117 Å². The van der Waals surface area contributed by atoms with E-state index in [4.69, 9.17) is 10.5 Å². The summed E-state index contributed by atoms with van der Waals surface area (Å²) in [7, 11) is 0. The van der Waals surface area contributed by atoms with Crippen molar-refractivity contribution in [2.45, 2.75) is 26.3 Å². The molecular formula is C14H19N3O3. The molecule has 0 aromatic heterocycles. The lowest BCUT2D eigenvalue weighted by molar-refractivity contribution is -0.125. The second-order valence-electron chi connectivity index (χ2n) is 4.87. The Morgan fingerprint density at radius 1 is 1.55 bits per heavy atom. The molecule has 6 nitrogen and oxygen atoms in total. The molecule has 3 N–H and O–H groups in total. The summed E-state index contributed by atoms with van der Waals surface area (Å²) in [4.78, 5) is 25.3. The van der Waals surface area contributed by atoms with Crippen LogP contribution in [-0.4, -0.2) is 31.0 Å². The molecule has 1 aliphatic rings. The summed E-state index contributed by atoms with van der Waals surface area (Å²) < 4.78 is 5.33. The maximum atomic E-state index is 11.9. The van der Waals surface area contributed by atoms with Gasteiger partial charge in [-0.1, -0.05) is 6.92 Å². The van der Waals surface area contributed by atoms with E-state index in [-0.39, 0.29) is 31.0 Å². The first-order valence-corrected chi connectivity index (χ1v) is 6.63. The van der Waals surface area contributed by atoms with E-state index in [2.05, 4.69) is 5.32 Å². The Balaban J connectivity index is 2.17. The van der Waals surface area contributed by atoms with Crippen molar-refractivity contribution in [3.8, 4) is 5.75 Å². The highest BCUT2D eigenvalue weighted by Crippen LogP contribution is 2.33. The number of fused-ring (bicyclic) bond motifs is 1. The van der Waals surface area contributed by atoms with Crippen LogP contribution < -0.4 is 20.7 Å². The van der Waals surface area contributed by atoms with E-state index >= 15 is 0 Å². The monoisotopic (exact) mass is 277 g/mol. The van der Waals surface area contributed by atoms with Crippen LogP contribution in [0, 0.1) is 0 Å². The first-order chi connectivity index (χ1) is 9.51. The van der Waals surface area contributed by atoms with Crippen molar-refractivity contribution in [3.63, 3.8) is 0 Å². The van der Waals surface area contributed by atoms with Crippen LogP contribution in [0.25, 0.3) is 0 Å². The minimum Gasteiger partial charge on any atom is -0.482 e. The maximum Gasteiger partial charge on any atom is 0.265 e. The number of carbonyl (C=O) groups excluding carboxylic acids is 2. The van der Waals surface area contributed by atoms with Gasteiger partial charge < -0.3 is 15.8 Å². The molecule has 2 rings (SSSR count). The van der Waals surface area contributed by atoms with Crippen molar-refractivity contribution in [1.82, 2.24) is 5.32 Å². The fourth-order valence-corrected chi connectivity index (χ4v) is 1.96. The number of nitrogen functional groups attached to an aromatic ring is 1. The van der Waals surface area contributed by atoms with Gasteiger partial charge in [0, 0.05) is 11.7 Å². The van der Waals surface area contributed by atoms with E-state index in [9.17, 15) is 9.59 Å². The van der Waals surface area contributed by atoms with Crippen LogP contribution in [0.1, 0.15) is 20.3 Å². The van der Waals surface area contributed by atoms with Gasteiger partial charge in [-0.2, -0.15) is 0 Å². The smallest absolute Gasteiger partial charge is 0.265 e. The van der Waals surface area contributed by atoms with Gasteiger partial charge in [-0.15, -0.1) is 0 Å². The largest absolute Gasteiger partial charge is 0.482 e. The molecule has 1 aliphatic heterocycles. The summed E-state index contributed by atoms with van der Waals surface area (Å²) in [6.45, 7) is 3.82. The molecule has 2 amide bonds. The van der Waals surface area contributed by atoms with Crippen molar-refractivity contribution >= 4 is 23.2 Å². The topological polar surface area (TPSA) is 84.7 Å². The van der Waals surface area contributed by atoms with Crippen molar-refractivity contribution in [1.29, 1.82) is 0 Å². The fraction of sp³-hybridized carbons (Fsp3) is 0.429. The highest BCUT2D eigenvalue weighted by molar-refractivity contribution is 6.02. The number of nitrogens with zero attached hydrogens (tertiary/aromatic N) is 1. The van der Waals surface area contributed by atoms with Crippen molar-refractivity contribution in [2.75, 3.05) is 23.8 Å². The first kappa shape index (κ1) is 14.2. The highest BCUT2D eigenvalue weighted by atomic mass is 16.5. The van der Waals surface area contributed by atoms with E-state index in [1.165, 1.54) is 4.90 Å². The van der Waals surface area contributed by atoms with Crippen LogP contribution in [0.2, 0.25) is 0 Å². The summed E-state index contributed by atoms with van der Waals surface area (Å²) in [5, 5.41) is 2.84. The molecule has 1 atom stereocenters. The summed E-state index contributed by atoms with van der Waals surface area (Å²) in [6, 6.07) is 5.13. The number of rotatable bonds is 4. The molecule has 0 spiro atoms. The predicted octanol–water partition coefficient (Wildman–Crippen LogP) is 0.909. The average Bonchev–Trinajstić information content (AvgIpc) is 2.42. The number of carbonyl (C=O) groups is 2. The van der Waals surface area contributed by atoms with Crippen LogP contribution in [0.4, 0.5) is 11.4 Å². The second-order valence-corrected chi connectivity index (χ2v) is 4.87. The molecule has 6 heteroatoms. The second kappa shape index (κ2) is 5.81. The Morgan fingerprint density at radius 2 is 2.30 bits per heavy atom. The number of hydrogen-bond donors (Lipinski definition) is 2. The molecule has 1 heterocycles. The number of benzene rings is 1. The van der Waals surface area contributed by atoms with Crippen LogP contribution in [0.3, 0.4) is 0 Å². The van der Waals surface area contributed by atoms with Gasteiger partial charge in [0.1, 0.15) is 12.3 Å². The molecule has 0 bridgehead atoms. The Bertz CT molecular complexity index is 530. The van der Waals surface area contributed by atoms with Gasteiger partial charge in [0.15, 0.2) is 6.61 Å². The van der Waals surface area contributed by atoms with E-state index < -0.39 is 0 Å². The van der Waals surface area contributed by atoms with E-state index in [1.54, 1.807) is 18.2 Å². The summed E-state index contributed by atoms with van der Waals surface area (Å²) in [5.41, 5.74) is 6.79. The number of nitrogens with one attached hydrogen (secondary N) is 1. The van der Waals surface area contributed by atoms with Crippen LogP contribution in [-0.2, 0) is 9.59 Å². The molecule has 0 aliphatic carbocycles. The molecular weight excluding hydrogens is 258 g/mol. The zero-order valence-corrected chi connectivity index (χ0v) is 11.7. The lowest BCUT2D eigenvalue weighted by atomic mass is 10.2. The number of nitrogens with two attached hydrogens (primary N) is 1. The number of ether oxygens (including phenoxy) is 1. The standard InChI is InChI=1S/C14H19N3O3/c1-3-9(2)16-13(18)7-17-11-6-10(15)4-5-12(11)20-8-14(17)19/h4-6,9H,3,7-8,15H2,1-2H3,(H,16,18). The van der Waals surface area contributed by atoms with Gasteiger partial charge in [-0.05, 0) is 31.5 Å². The lowest BCUT2D eigenvalue weighted by Crippen LogP contribution is -2.46. The highest BCUT2D eigenvalue weighted by Gasteiger charge is 2.27. The molecule has 108 valence electrons. The quantitative estimate of drug-likeness (QED) is 0.801. The summed E-state index contributed by atoms with van der Waals surface area (Å²) in [6.07, 6.45) is 0.840. The average molecular weight is 277 g/mol. The van der Waals surface area contributed by atoms with Crippen molar-refractivity contribution < 1.29 is 14.3 Å². The molecule has 20 heavy (non-hydrogen) atoms. The van der Waals surface area contributed by atoms with Crippen LogP contribution in [0.15, 0.2) is 18.2 Å². The summed E-state index contributed by atoms with van der Waals surface area (Å²) in [5.74, 6) is 0.125. The molecule has 0 saturated heterocycles. The van der Waals surface area contributed by atoms with Gasteiger partial charge in [0.05, 0.1) is 5.69 Å². The Morgan fingerprint density at radius 3 is 3.00 bits per heavy atom. The van der Waals surface area contributed by atoms with Gasteiger partial charge in [-0.25, -0.2) is 0 Å².